The summed E-state index contributed by atoms with van der Waals surface area (Å²) in [5.41, 5.74) is 2.27. The third-order valence-electron chi connectivity index (χ3n) is 4.68. The lowest BCUT2D eigenvalue weighted by molar-refractivity contribution is -0.145. The number of aromatic carboxylic acids is 1. The SMILES string of the molecule is CC(OCC1CCCO1)C(=O)N1CCc2ccc(C(=O)O)cc2C1. The summed E-state index contributed by atoms with van der Waals surface area (Å²) in [6.45, 7) is 4.04. The van der Waals surface area contributed by atoms with Crippen LogP contribution in [0.1, 0.15) is 41.3 Å². The van der Waals surface area contributed by atoms with Gasteiger partial charge in [-0.1, -0.05) is 6.07 Å². The Balaban J connectivity index is 1.59. The van der Waals surface area contributed by atoms with Crippen molar-refractivity contribution in [3.63, 3.8) is 0 Å². The monoisotopic (exact) mass is 333 g/mol. The molecule has 6 nitrogen and oxygen atoms in total. The quantitative estimate of drug-likeness (QED) is 0.890. The molecule has 1 fully saturated rings. The van der Waals surface area contributed by atoms with Crippen LogP contribution in [0.4, 0.5) is 0 Å². The van der Waals surface area contributed by atoms with Crippen LogP contribution in [0.5, 0.6) is 0 Å². The molecule has 2 unspecified atom stereocenters. The van der Waals surface area contributed by atoms with Crippen molar-refractivity contribution < 1.29 is 24.2 Å². The molecule has 6 heteroatoms. The number of hydrogen-bond donors (Lipinski definition) is 1. The zero-order chi connectivity index (χ0) is 17.1. The van der Waals surface area contributed by atoms with Gasteiger partial charge in [-0.2, -0.15) is 0 Å². The minimum absolute atomic E-state index is 0.0561. The van der Waals surface area contributed by atoms with Crippen molar-refractivity contribution in [2.75, 3.05) is 19.8 Å². The van der Waals surface area contributed by atoms with Gasteiger partial charge < -0.3 is 19.5 Å². The normalized spacial score (nSPS) is 21.4. The zero-order valence-corrected chi connectivity index (χ0v) is 13.9. The first-order valence-corrected chi connectivity index (χ1v) is 8.41. The van der Waals surface area contributed by atoms with Gasteiger partial charge in [-0.3, -0.25) is 4.79 Å². The smallest absolute Gasteiger partial charge is 0.335 e. The summed E-state index contributed by atoms with van der Waals surface area (Å²) in [7, 11) is 0. The van der Waals surface area contributed by atoms with Crippen LogP contribution in [-0.4, -0.2) is 53.8 Å². The van der Waals surface area contributed by atoms with Gasteiger partial charge in [0.15, 0.2) is 0 Å². The van der Waals surface area contributed by atoms with Crippen molar-refractivity contribution in [2.45, 2.75) is 44.9 Å². The number of benzene rings is 1. The van der Waals surface area contributed by atoms with Gasteiger partial charge in [-0.25, -0.2) is 4.79 Å². The Bertz CT molecular complexity index is 624. The Morgan fingerprint density at radius 1 is 1.42 bits per heavy atom. The highest BCUT2D eigenvalue weighted by Gasteiger charge is 2.27. The average molecular weight is 333 g/mol. The van der Waals surface area contributed by atoms with Crippen LogP contribution >= 0.6 is 0 Å². The lowest BCUT2D eigenvalue weighted by atomic mass is 9.97. The van der Waals surface area contributed by atoms with Gasteiger partial charge in [0, 0.05) is 19.7 Å². The highest BCUT2D eigenvalue weighted by molar-refractivity contribution is 5.88. The highest BCUT2D eigenvalue weighted by Crippen LogP contribution is 2.22. The number of hydrogen-bond acceptors (Lipinski definition) is 4. The van der Waals surface area contributed by atoms with Crippen molar-refractivity contribution in [3.8, 4) is 0 Å². The molecule has 0 aliphatic carbocycles. The Hall–Kier alpha value is -1.92. The molecule has 2 aliphatic heterocycles. The second-order valence-corrected chi connectivity index (χ2v) is 6.41. The summed E-state index contributed by atoms with van der Waals surface area (Å²) in [6.07, 6.45) is 2.35. The molecule has 3 rings (SSSR count). The number of carbonyl (C=O) groups excluding carboxylic acids is 1. The van der Waals surface area contributed by atoms with Crippen molar-refractivity contribution >= 4 is 11.9 Å². The molecule has 0 radical (unpaired) electrons. The Morgan fingerprint density at radius 2 is 2.25 bits per heavy atom. The fourth-order valence-corrected chi connectivity index (χ4v) is 3.23. The largest absolute Gasteiger partial charge is 0.478 e. The van der Waals surface area contributed by atoms with Crippen LogP contribution in [0.25, 0.3) is 0 Å². The van der Waals surface area contributed by atoms with Gasteiger partial charge >= 0.3 is 5.97 Å². The maximum absolute atomic E-state index is 12.6. The maximum Gasteiger partial charge on any atom is 0.335 e. The van der Waals surface area contributed by atoms with Crippen LogP contribution in [-0.2, 0) is 27.2 Å². The molecule has 0 aromatic heterocycles. The van der Waals surface area contributed by atoms with Gasteiger partial charge in [0.2, 0.25) is 0 Å². The molecule has 130 valence electrons. The first-order valence-electron chi connectivity index (χ1n) is 8.41. The molecular weight excluding hydrogens is 310 g/mol. The number of carboxylic acid groups (broad SMARTS) is 1. The van der Waals surface area contributed by atoms with Crippen LogP contribution in [0.2, 0.25) is 0 Å². The van der Waals surface area contributed by atoms with E-state index in [1.807, 2.05) is 6.07 Å². The summed E-state index contributed by atoms with van der Waals surface area (Å²) < 4.78 is 11.2. The first kappa shape index (κ1) is 16.9. The lowest BCUT2D eigenvalue weighted by Crippen LogP contribution is -2.42. The van der Waals surface area contributed by atoms with E-state index >= 15 is 0 Å². The molecule has 2 atom stereocenters. The van der Waals surface area contributed by atoms with E-state index in [1.165, 1.54) is 0 Å². The molecule has 2 heterocycles. The third kappa shape index (κ3) is 3.76. The molecule has 1 saturated heterocycles. The number of amides is 1. The van der Waals surface area contributed by atoms with Crippen LogP contribution in [0, 0.1) is 0 Å². The number of nitrogens with zero attached hydrogens (tertiary/aromatic N) is 1. The lowest BCUT2D eigenvalue weighted by Gasteiger charge is -2.31. The van der Waals surface area contributed by atoms with E-state index in [1.54, 1.807) is 24.0 Å². The highest BCUT2D eigenvalue weighted by atomic mass is 16.5. The summed E-state index contributed by atoms with van der Waals surface area (Å²) in [4.78, 5) is 25.4. The van der Waals surface area contributed by atoms with E-state index in [9.17, 15) is 9.59 Å². The van der Waals surface area contributed by atoms with Gasteiger partial charge in [0.05, 0.1) is 18.3 Å². The van der Waals surface area contributed by atoms with E-state index < -0.39 is 12.1 Å². The van der Waals surface area contributed by atoms with Crippen LogP contribution in [0.15, 0.2) is 18.2 Å². The molecule has 0 spiro atoms. The van der Waals surface area contributed by atoms with Crippen LogP contribution < -0.4 is 0 Å². The summed E-state index contributed by atoms with van der Waals surface area (Å²) >= 11 is 0. The van der Waals surface area contributed by atoms with E-state index in [-0.39, 0.29) is 17.6 Å². The topological polar surface area (TPSA) is 76.1 Å². The molecule has 1 amide bonds. The number of carbonyl (C=O) groups is 2. The molecule has 0 bridgehead atoms. The molecule has 1 N–H and O–H groups in total. The molecule has 24 heavy (non-hydrogen) atoms. The fourth-order valence-electron chi connectivity index (χ4n) is 3.23. The van der Waals surface area contributed by atoms with Crippen molar-refractivity contribution in [1.82, 2.24) is 4.90 Å². The minimum atomic E-state index is -0.950. The fraction of sp³-hybridized carbons (Fsp3) is 0.556. The molecule has 0 saturated carbocycles. The van der Waals surface area contributed by atoms with Crippen molar-refractivity contribution in [2.24, 2.45) is 0 Å². The summed E-state index contributed by atoms with van der Waals surface area (Å²) in [6, 6.07) is 5.12. The van der Waals surface area contributed by atoms with Crippen molar-refractivity contribution in [1.29, 1.82) is 0 Å². The predicted molar refractivity (Wildman–Crippen MR) is 86.9 cm³/mol. The number of rotatable bonds is 5. The Labute approximate surface area is 141 Å². The molecule has 1 aromatic rings. The summed E-state index contributed by atoms with van der Waals surface area (Å²) in [5.74, 6) is -1.01. The van der Waals surface area contributed by atoms with Crippen LogP contribution in [0.3, 0.4) is 0 Å². The standard InChI is InChI=1S/C18H23NO5/c1-12(24-11-16-3-2-8-23-16)17(20)19-7-6-13-4-5-14(18(21)22)9-15(13)10-19/h4-5,9,12,16H,2-3,6-8,10-11H2,1H3,(H,21,22). The van der Waals surface area contributed by atoms with Gasteiger partial charge in [-0.15, -0.1) is 0 Å². The Kier molecular flexibility index (Phi) is 5.16. The number of carboxylic acids is 1. The van der Waals surface area contributed by atoms with Gasteiger partial charge in [0.1, 0.15) is 6.10 Å². The van der Waals surface area contributed by atoms with E-state index in [0.717, 1.165) is 37.0 Å². The van der Waals surface area contributed by atoms with E-state index in [0.29, 0.717) is 19.7 Å². The average Bonchev–Trinajstić information content (AvgIpc) is 3.11. The maximum atomic E-state index is 12.6. The molecular formula is C18H23NO5. The van der Waals surface area contributed by atoms with Gasteiger partial charge in [0.25, 0.3) is 5.91 Å². The minimum Gasteiger partial charge on any atom is -0.478 e. The second kappa shape index (κ2) is 7.32. The predicted octanol–water partition coefficient (Wildman–Crippen LogP) is 1.85. The number of fused-ring (bicyclic) bond motifs is 1. The van der Waals surface area contributed by atoms with E-state index in [2.05, 4.69) is 0 Å². The van der Waals surface area contributed by atoms with Gasteiger partial charge in [-0.05, 0) is 49.4 Å². The third-order valence-corrected chi connectivity index (χ3v) is 4.68. The van der Waals surface area contributed by atoms with E-state index in [4.69, 9.17) is 14.6 Å². The van der Waals surface area contributed by atoms with Crippen molar-refractivity contribution in [3.05, 3.63) is 34.9 Å². The molecule has 1 aromatic carbocycles. The first-order chi connectivity index (χ1) is 11.5. The number of ether oxygens (including phenoxy) is 2. The zero-order valence-electron chi connectivity index (χ0n) is 13.9. The molecule has 2 aliphatic rings. The second-order valence-electron chi connectivity index (χ2n) is 6.41. The summed E-state index contributed by atoms with van der Waals surface area (Å²) in [5, 5.41) is 9.11. The Morgan fingerprint density at radius 3 is 2.96 bits per heavy atom.